The Morgan fingerprint density at radius 2 is 0.611 bits per heavy atom. The van der Waals surface area contributed by atoms with Crippen molar-refractivity contribution in [2.24, 2.45) is 0 Å². The summed E-state index contributed by atoms with van der Waals surface area (Å²) in [5.74, 6) is 0. The number of nitrogens with zero attached hydrogens (tertiary/aromatic N) is 1. The molecule has 0 unspecified atom stereocenters. The zero-order valence-electron chi connectivity index (χ0n) is 40.3. The molecule has 4 aliphatic carbocycles. The first-order valence-corrected chi connectivity index (χ1v) is 25.4. The molecule has 2 spiro atoms. The van der Waals surface area contributed by atoms with E-state index < -0.39 is 10.8 Å². The third-order valence-electron chi connectivity index (χ3n) is 17.0. The predicted octanol–water partition coefficient (Wildman–Crippen LogP) is 17.8. The van der Waals surface area contributed by atoms with Gasteiger partial charge in [-0.1, -0.05) is 238 Å². The molecule has 0 radical (unpaired) electrons. The maximum atomic E-state index is 2.52. The Morgan fingerprint density at radius 1 is 0.236 bits per heavy atom. The fourth-order valence-electron chi connectivity index (χ4n) is 14.1. The van der Waals surface area contributed by atoms with E-state index in [2.05, 4.69) is 280 Å². The van der Waals surface area contributed by atoms with E-state index in [-0.39, 0.29) is 5.41 Å². The van der Waals surface area contributed by atoms with E-state index in [0.717, 1.165) is 17.1 Å². The van der Waals surface area contributed by atoms with Crippen LogP contribution in [0.5, 0.6) is 0 Å². The summed E-state index contributed by atoms with van der Waals surface area (Å²) < 4.78 is 0. The van der Waals surface area contributed by atoms with Crippen LogP contribution in [0.1, 0.15) is 69.5 Å². The Balaban J connectivity index is 0.889. The Morgan fingerprint density at radius 3 is 1.18 bits per heavy atom. The van der Waals surface area contributed by atoms with E-state index in [1.54, 1.807) is 0 Å². The first kappa shape index (κ1) is 41.0. The highest BCUT2D eigenvalue weighted by atomic mass is 15.1. The molecule has 0 atom stereocenters. The zero-order valence-corrected chi connectivity index (χ0v) is 40.3. The van der Waals surface area contributed by atoms with Crippen molar-refractivity contribution < 1.29 is 0 Å². The van der Waals surface area contributed by atoms with Crippen molar-refractivity contribution >= 4 is 17.1 Å². The fourth-order valence-corrected chi connectivity index (χ4v) is 14.1. The molecule has 4 aliphatic rings. The van der Waals surface area contributed by atoms with E-state index in [4.69, 9.17) is 0 Å². The van der Waals surface area contributed by atoms with E-state index in [9.17, 15) is 0 Å². The molecule has 11 aromatic carbocycles. The molecule has 0 fully saturated rings. The minimum absolute atomic E-state index is 0.220. The molecular formula is C71H49N. The second-order valence-corrected chi connectivity index (χ2v) is 20.6. The number of rotatable bonds is 5. The average Bonchev–Trinajstić information content (AvgIpc) is 4.05. The monoisotopic (exact) mass is 915 g/mol. The van der Waals surface area contributed by atoms with Crippen LogP contribution in [0.3, 0.4) is 0 Å². The topological polar surface area (TPSA) is 3.24 Å². The summed E-state index contributed by atoms with van der Waals surface area (Å²) in [6.07, 6.45) is 0. The van der Waals surface area contributed by atoms with Crippen LogP contribution in [0.15, 0.2) is 261 Å². The molecule has 1 nitrogen and oxygen atoms in total. The van der Waals surface area contributed by atoms with Crippen molar-refractivity contribution in [1.82, 2.24) is 0 Å². The zero-order chi connectivity index (χ0) is 47.8. The molecule has 0 N–H and O–H groups in total. The van der Waals surface area contributed by atoms with Gasteiger partial charge in [0.25, 0.3) is 0 Å². The van der Waals surface area contributed by atoms with Gasteiger partial charge in [-0.05, 0) is 148 Å². The molecule has 11 aromatic rings. The first-order valence-electron chi connectivity index (χ1n) is 25.4. The maximum absolute atomic E-state index is 2.52. The van der Waals surface area contributed by atoms with Crippen molar-refractivity contribution in [2.75, 3.05) is 4.90 Å². The second-order valence-electron chi connectivity index (χ2n) is 20.6. The van der Waals surface area contributed by atoms with Gasteiger partial charge in [0.1, 0.15) is 0 Å². The Hall–Kier alpha value is -8.78. The molecule has 0 amide bonds. The number of fused-ring (bicyclic) bond motifs is 19. The van der Waals surface area contributed by atoms with E-state index in [0.29, 0.717) is 0 Å². The van der Waals surface area contributed by atoms with E-state index in [1.165, 1.54) is 111 Å². The number of para-hydroxylation sites is 1. The average molecular weight is 916 g/mol. The van der Waals surface area contributed by atoms with Crippen molar-refractivity contribution in [1.29, 1.82) is 0 Å². The van der Waals surface area contributed by atoms with Crippen LogP contribution >= 0.6 is 0 Å². The number of anilines is 3. The summed E-state index contributed by atoms with van der Waals surface area (Å²) in [7, 11) is 0. The molecule has 0 bridgehead atoms. The van der Waals surface area contributed by atoms with Gasteiger partial charge in [0, 0.05) is 22.5 Å². The largest absolute Gasteiger partial charge is 0.310 e. The number of hydrogen-bond donors (Lipinski definition) is 0. The molecule has 15 rings (SSSR count). The second kappa shape index (κ2) is 15.1. The third kappa shape index (κ3) is 5.27. The normalized spacial score (nSPS) is 14.9. The van der Waals surface area contributed by atoms with Gasteiger partial charge in [-0.2, -0.15) is 0 Å². The quantitative estimate of drug-likeness (QED) is 0.166. The standard InChI is InChI=1S/C71H49N/c1-69(2)63-36-18-19-37-65(63)71(60-33-15-10-27-54(60)55-28-11-16-34-61(55)71)67-45-49(43-44-64(67)69)72(47-21-4-3-5-22-47)48-41-39-46(40-42-48)50-23-6-7-24-51(50)56-30-20-38-66-68(56)57-29-12-17-35-62(57)70(66)58-31-13-8-25-52(58)53-26-9-14-32-59(53)70/h3-45H,1-2H3. The van der Waals surface area contributed by atoms with Gasteiger partial charge in [0.15, 0.2) is 0 Å². The van der Waals surface area contributed by atoms with Gasteiger partial charge in [-0.3, -0.25) is 0 Å². The summed E-state index contributed by atoms with van der Waals surface area (Å²) in [6, 6.07) is 98.2. The van der Waals surface area contributed by atoms with Gasteiger partial charge < -0.3 is 4.90 Å². The molecule has 0 heterocycles. The molecule has 1 heteroatoms. The number of hydrogen-bond acceptors (Lipinski definition) is 1. The van der Waals surface area contributed by atoms with Crippen LogP contribution < -0.4 is 4.90 Å². The van der Waals surface area contributed by atoms with Gasteiger partial charge in [0.2, 0.25) is 0 Å². The van der Waals surface area contributed by atoms with Crippen LogP contribution in [0, 0.1) is 0 Å². The van der Waals surface area contributed by atoms with Gasteiger partial charge >= 0.3 is 0 Å². The smallest absolute Gasteiger partial charge is 0.0725 e. The van der Waals surface area contributed by atoms with E-state index >= 15 is 0 Å². The summed E-state index contributed by atoms with van der Waals surface area (Å²) in [6.45, 7) is 4.81. The highest BCUT2D eigenvalue weighted by Gasteiger charge is 2.54. The Bertz CT molecular complexity index is 3930. The van der Waals surface area contributed by atoms with Gasteiger partial charge in [0.05, 0.1) is 10.8 Å². The SMILES string of the molecule is CC1(C)c2ccccc2C2(c3ccccc3-c3ccccc32)c2cc(N(c3ccccc3)c3ccc(-c4ccccc4-c4cccc5c4-c4ccccc4C54c5ccccc5-c5ccccc54)cc3)ccc21. The third-order valence-corrected chi connectivity index (χ3v) is 17.0. The lowest BCUT2D eigenvalue weighted by Crippen LogP contribution is -2.40. The minimum atomic E-state index is -0.483. The number of benzene rings is 11. The van der Waals surface area contributed by atoms with E-state index in [1.807, 2.05) is 0 Å². The van der Waals surface area contributed by atoms with Crippen LogP contribution in [-0.2, 0) is 16.2 Å². The van der Waals surface area contributed by atoms with Crippen molar-refractivity contribution in [3.05, 3.63) is 316 Å². The van der Waals surface area contributed by atoms with Crippen LogP contribution in [0.25, 0.3) is 55.6 Å². The Labute approximate surface area is 422 Å². The summed E-state index contributed by atoms with van der Waals surface area (Å²) in [4.78, 5) is 2.45. The lowest BCUT2D eigenvalue weighted by atomic mass is 9.55. The Kier molecular flexibility index (Phi) is 8.62. The van der Waals surface area contributed by atoms with Crippen molar-refractivity contribution in [2.45, 2.75) is 30.1 Å². The summed E-state index contributed by atoms with van der Waals surface area (Å²) in [5, 5.41) is 0. The molecule has 0 aromatic heterocycles. The molecule has 0 aliphatic heterocycles. The first-order chi connectivity index (χ1) is 35.5. The minimum Gasteiger partial charge on any atom is -0.310 e. The van der Waals surface area contributed by atoms with Crippen molar-refractivity contribution in [3.8, 4) is 55.6 Å². The maximum Gasteiger partial charge on any atom is 0.0725 e. The highest BCUT2D eigenvalue weighted by Crippen LogP contribution is 2.65. The van der Waals surface area contributed by atoms with Crippen LogP contribution in [0.4, 0.5) is 17.1 Å². The molecule has 0 saturated heterocycles. The predicted molar refractivity (Wildman–Crippen MR) is 298 cm³/mol. The lowest BCUT2D eigenvalue weighted by Gasteiger charge is -2.47. The highest BCUT2D eigenvalue weighted by molar-refractivity contribution is 6.02. The van der Waals surface area contributed by atoms with Crippen LogP contribution in [0.2, 0.25) is 0 Å². The summed E-state index contributed by atoms with van der Waals surface area (Å²) in [5.41, 5.74) is 28.6. The van der Waals surface area contributed by atoms with Gasteiger partial charge in [-0.25, -0.2) is 0 Å². The molecule has 72 heavy (non-hydrogen) atoms. The summed E-state index contributed by atoms with van der Waals surface area (Å²) >= 11 is 0. The lowest BCUT2D eigenvalue weighted by molar-refractivity contribution is 0.563. The van der Waals surface area contributed by atoms with Crippen molar-refractivity contribution in [3.63, 3.8) is 0 Å². The molecule has 0 saturated carbocycles. The molecule has 338 valence electrons. The fraction of sp³-hybridized carbons (Fsp3) is 0.0704. The van der Waals surface area contributed by atoms with Gasteiger partial charge in [-0.15, -0.1) is 0 Å². The molecular weight excluding hydrogens is 867 g/mol. The van der Waals surface area contributed by atoms with Crippen LogP contribution in [-0.4, -0.2) is 0 Å².